The van der Waals surface area contributed by atoms with Crippen LogP contribution in [0, 0.1) is 0 Å². The molecule has 1 amide bonds. The summed E-state index contributed by atoms with van der Waals surface area (Å²) in [4.78, 5) is 12.0. The van der Waals surface area contributed by atoms with Crippen molar-refractivity contribution >= 4 is 17.5 Å². The third kappa shape index (κ3) is 3.87. The second-order valence-corrected chi connectivity index (χ2v) is 5.71. The maximum Gasteiger partial charge on any atom is 0.224 e. The fraction of sp³-hybridized carbons (Fsp3) is 0.533. The Morgan fingerprint density at radius 2 is 2.38 bits per heavy atom. The molecule has 21 heavy (non-hydrogen) atoms. The number of hydrogen-bond acceptors (Lipinski definition) is 4. The number of carbonyl (C=O) groups excluding carboxylic acids is 1. The number of hydrogen-bond donors (Lipinski definition) is 2. The lowest BCUT2D eigenvalue weighted by atomic mass is 9.96. The van der Waals surface area contributed by atoms with Crippen molar-refractivity contribution in [1.29, 1.82) is 0 Å². The molecule has 0 aromatic heterocycles. The van der Waals surface area contributed by atoms with E-state index >= 15 is 0 Å². The molecule has 1 fully saturated rings. The molecule has 1 aromatic rings. The third-order valence-electron chi connectivity index (χ3n) is 3.84. The van der Waals surface area contributed by atoms with E-state index in [-0.39, 0.29) is 25.0 Å². The van der Waals surface area contributed by atoms with Gasteiger partial charge in [-0.15, -0.1) is 0 Å². The monoisotopic (exact) mass is 313 g/mol. The highest BCUT2D eigenvalue weighted by Gasteiger charge is 2.39. The smallest absolute Gasteiger partial charge is 0.224 e. The number of amides is 1. The van der Waals surface area contributed by atoms with Crippen LogP contribution in [0.4, 0.5) is 0 Å². The van der Waals surface area contributed by atoms with Crippen molar-refractivity contribution in [3.05, 3.63) is 28.8 Å². The summed E-state index contributed by atoms with van der Waals surface area (Å²) in [6.07, 6.45) is 0.391. The maximum absolute atomic E-state index is 12.0. The van der Waals surface area contributed by atoms with Crippen LogP contribution < -0.4 is 10.1 Å². The Hall–Kier alpha value is -1.30. The number of carbonyl (C=O) groups is 1. The molecule has 6 heteroatoms. The van der Waals surface area contributed by atoms with Crippen LogP contribution in [0.25, 0.3) is 0 Å². The maximum atomic E-state index is 12.0. The first-order valence-electron chi connectivity index (χ1n) is 6.88. The average molecular weight is 314 g/mol. The Kier molecular flexibility index (Phi) is 5.08. The lowest BCUT2D eigenvalue weighted by Crippen LogP contribution is -2.47. The van der Waals surface area contributed by atoms with Gasteiger partial charge >= 0.3 is 0 Å². The van der Waals surface area contributed by atoms with Crippen LogP contribution in [0.3, 0.4) is 0 Å². The van der Waals surface area contributed by atoms with Crippen molar-refractivity contribution < 1.29 is 19.4 Å². The van der Waals surface area contributed by atoms with Crippen LogP contribution in [0.1, 0.15) is 18.9 Å². The summed E-state index contributed by atoms with van der Waals surface area (Å²) in [6.45, 7) is 2.49. The molecule has 116 valence electrons. The van der Waals surface area contributed by atoms with E-state index < -0.39 is 5.60 Å². The highest BCUT2D eigenvalue weighted by Crippen LogP contribution is 2.25. The third-order valence-corrected chi connectivity index (χ3v) is 4.08. The Balaban J connectivity index is 1.94. The molecule has 1 aliphatic heterocycles. The number of rotatable bonds is 5. The van der Waals surface area contributed by atoms with Crippen LogP contribution in [-0.2, 0) is 16.0 Å². The SMILES string of the molecule is COc1ccc(Cl)cc1CC(=O)NCC1(O)CCOC1C. The molecule has 0 spiro atoms. The molecule has 1 heterocycles. The van der Waals surface area contributed by atoms with Crippen molar-refractivity contribution in [2.75, 3.05) is 20.3 Å². The lowest BCUT2D eigenvalue weighted by molar-refractivity contribution is -0.122. The molecule has 1 saturated heterocycles. The minimum Gasteiger partial charge on any atom is -0.496 e. The zero-order valence-electron chi connectivity index (χ0n) is 12.2. The van der Waals surface area contributed by atoms with Crippen molar-refractivity contribution in [3.63, 3.8) is 0 Å². The van der Waals surface area contributed by atoms with E-state index in [2.05, 4.69) is 5.32 Å². The number of methoxy groups -OCH3 is 1. The quantitative estimate of drug-likeness (QED) is 0.865. The molecule has 0 bridgehead atoms. The standard InChI is InChI=1S/C15H20ClNO4/c1-10-15(19,5-6-21-10)9-17-14(18)8-11-7-12(16)3-4-13(11)20-2/h3-4,7,10,19H,5-6,8-9H2,1-2H3,(H,17,18). The first kappa shape index (κ1) is 16.1. The van der Waals surface area contributed by atoms with Gasteiger partial charge in [0.25, 0.3) is 0 Å². The van der Waals surface area contributed by atoms with Crippen LogP contribution in [0.5, 0.6) is 5.75 Å². The number of benzene rings is 1. The Bertz CT molecular complexity index is 522. The van der Waals surface area contributed by atoms with Crippen molar-refractivity contribution in [3.8, 4) is 5.75 Å². The van der Waals surface area contributed by atoms with E-state index in [1.54, 1.807) is 32.2 Å². The molecule has 1 aromatic carbocycles. The molecular weight excluding hydrogens is 294 g/mol. The van der Waals surface area contributed by atoms with Gasteiger partial charge in [-0.25, -0.2) is 0 Å². The zero-order chi connectivity index (χ0) is 15.5. The van der Waals surface area contributed by atoms with E-state index in [0.717, 1.165) is 0 Å². The highest BCUT2D eigenvalue weighted by atomic mass is 35.5. The predicted molar refractivity (Wildman–Crippen MR) is 79.7 cm³/mol. The van der Waals surface area contributed by atoms with Gasteiger partial charge in [0.1, 0.15) is 11.4 Å². The molecule has 5 nitrogen and oxygen atoms in total. The second-order valence-electron chi connectivity index (χ2n) is 5.28. The van der Waals surface area contributed by atoms with E-state index in [0.29, 0.717) is 29.4 Å². The van der Waals surface area contributed by atoms with Crippen molar-refractivity contribution in [1.82, 2.24) is 5.32 Å². The summed E-state index contributed by atoms with van der Waals surface area (Å²) in [5.74, 6) is 0.425. The van der Waals surface area contributed by atoms with Gasteiger partial charge < -0.3 is 19.9 Å². The van der Waals surface area contributed by atoms with E-state index in [1.165, 1.54) is 0 Å². The van der Waals surface area contributed by atoms with Crippen LogP contribution in [-0.4, -0.2) is 43.0 Å². The van der Waals surface area contributed by atoms with E-state index in [1.807, 2.05) is 0 Å². The van der Waals surface area contributed by atoms with Crippen LogP contribution >= 0.6 is 11.6 Å². The molecule has 1 aliphatic rings. The van der Waals surface area contributed by atoms with Gasteiger partial charge in [0.2, 0.25) is 5.91 Å². The summed E-state index contributed by atoms with van der Waals surface area (Å²) in [6, 6.07) is 5.14. The van der Waals surface area contributed by atoms with Crippen molar-refractivity contribution in [2.24, 2.45) is 0 Å². The van der Waals surface area contributed by atoms with Crippen LogP contribution in [0.2, 0.25) is 5.02 Å². The summed E-state index contributed by atoms with van der Waals surface area (Å²) >= 11 is 5.94. The second kappa shape index (κ2) is 6.64. The first-order valence-corrected chi connectivity index (χ1v) is 7.25. The molecule has 2 atom stereocenters. The van der Waals surface area contributed by atoms with Crippen LogP contribution in [0.15, 0.2) is 18.2 Å². The summed E-state index contributed by atoms with van der Waals surface area (Å²) in [5, 5.41) is 13.6. The summed E-state index contributed by atoms with van der Waals surface area (Å²) in [7, 11) is 1.55. The molecule has 2 rings (SSSR count). The molecular formula is C15H20ClNO4. The van der Waals surface area contributed by atoms with Gasteiger partial charge in [-0.2, -0.15) is 0 Å². The van der Waals surface area contributed by atoms with Gasteiger partial charge in [0, 0.05) is 30.2 Å². The molecule has 0 saturated carbocycles. The van der Waals surface area contributed by atoms with Gasteiger partial charge in [-0.3, -0.25) is 4.79 Å². The minimum atomic E-state index is -0.992. The minimum absolute atomic E-state index is 0.148. The Morgan fingerprint density at radius 3 is 3.00 bits per heavy atom. The highest BCUT2D eigenvalue weighted by molar-refractivity contribution is 6.30. The van der Waals surface area contributed by atoms with Crippen molar-refractivity contribution in [2.45, 2.75) is 31.5 Å². The molecule has 0 radical (unpaired) electrons. The fourth-order valence-electron chi connectivity index (χ4n) is 2.38. The number of aliphatic hydroxyl groups is 1. The normalized spacial score (nSPS) is 24.9. The van der Waals surface area contributed by atoms with Gasteiger partial charge in [-0.1, -0.05) is 11.6 Å². The fourth-order valence-corrected chi connectivity index (χ4v) is 2.57. The van der Waals surface area contributed by atoms with Gasteiger partial charge in [-0.05, 0) is 25.1 Å². The number of halogens is 1. The molecule has 0 aliphatic carbocycles. The Labute approximate surface area is 129 Å². The average Bonchev–Trinajstić information content (AvgIpc) is 2.77. The predicted octanol–water partition coefficient (Wildman–Crippen LogP) is 1.55. The zero-order valence-corrected chi connectivity index (χ0v) is 12.9. The van der Waals surface area contributed by atoms with E-state index in [4.69, 9.17) is 21.1 Å². The number of nitrogens with one attached hydrogen (secondary N) is 1. The summed E-state index contributed by atoms with van der Waals surface area (Å²) in [5.41, 5.74) is -0.279. The molecule has 2 N–H and O–H groups in total. The first-order chi connectivity index (χ1) is 9.94. The van der Waals surface area contributed by atoms with Gasteiger partial charge in [0.15, 0.2) is 0 Å². The lowest BCUT2D eigenvalue weighted by Gasteiger charge is -2.26. The van der Waals surface area contributed by atoms with Gasteiger partial charge in [0.05, 0.1) is 19.6 Å². The number of ether oxygens (including phenoxy) is 2. The largest absolute Gasteiger partial charge is 0.496 e. The summed E-state index contributed by atoms with van der Waals surface area (Å²) < 4.78 is 10.5. The van der Waals surface area contributed by atoms with E-state index in [9.17, 15) is 9.90 Å². The topological polar surface area (TPSA) is 67.8 Å². The molecule has 2 unspecified atom stereocenters. The Morgan fingerprint density at radius 1 is 1.62 bits per heavy atom.